The molecule has 1 aliphatic heterocycles. The van der Waals surface area contributed by atoms with E-state index in [0.717, 1.165) is 42.1 Å². The predicted molar refractivity (Wildman–Crippen MR) is 85.3 cm³/mol. The minimum atomic E-state index is -3.37. The smallest absolute Gasteiger partial charge is 0.207 e. The summed E-state index contributed by atoms with van der Waals surface area (Å²) in [7, 11) is -3.37. The summed E-state index contributed by atoms with van der Waals surface area (Å²) in [5.74, 6) is 0. The van der Waals surface area contributed by atoms with Gasteiger partial charge in [-0.3, -0.25) is 0 Å². The van der Waals surface area contributed by atoms with E-state index < -0.39 is 10.0 Å². The predicted octanol–water partition coefficient (Wildman–Crippen LogP) is 4.10. The van der Waals surface area contributed by atoms with Crippen LogP contribution in [-0.2, 0) is 10.0 Å². The number of benzene rings is 1. The van der Waals surface area contributed by atoms with E-state index in [1.807, 2.05) is 13.0 Å². The molecular weight excluding hydrogens is 338 g/mol. The highest BCUT2D eigenvalue weighted by molar-refractivity contribution is 9.10. The van der Waals surface area contributed by atoms with Crippen LogP contribution in [0.15, 0.2) is 27.6 Å². The summed E-state index contributed by atoms with van der Waals surface area (Å²) in [6.07, 6.45) is 5.08. The van der Waals surface area contributed by atoms with Gasteiger partial charge in [0.05, 0.1) is 4.90 Å². The van der Waals surface area contributed by atoms with E-state index in [4.69, 9.17) is 0 Å². The molecule has 0 N–H and O–H groups in total. The molecule has 1 saturated heterocycles. The monoisotopic (exact) mass is 359 g/mol. The molecule has 1 aromatic carbocycles. The maximum atomic E-state index is 12.9. The van der Waals surface area contributed by atoms with Crippen molar-refractivity contribution in [2.45, 2.75) is 56.9 Å². The zero-order valence-corrected chi connectivity index (χ0v) is 14.5. The van der Waals surface area contributed by atoms with Gasteiger partial charge in [-0.05, 0) is 49.9 Å². The molecule has 20 heavy (non-hydrogen) atoms. The molecule has 0 amide bonds. The zero-order chi connectivity index (χ0) is 14.8. The summed E-state index contributed by atoms with van der Waals surface area (Å²) in [5.41, 5.74) is 0.953. The van der Waals surface area contributed by atoms with Crippen molar-refractivity contribution in [1.29, 1.82) is 0 Å². The first-order chi connectivity index (χ1) is 9.46. The molecule has 1 aromatic rings. The van der Waals surface area contributed by atoms with E-state index in [1.54, 1.807) is 16.4 Å². The number of sulfonamides is 1. The lowest BCUT2D eigenvalue weighted by Crippen LogP contribution is -2.39. The normalized spacial score (nSPS) is 21.6. The van der Waals surface area contributed by atoms with Crippen LogP contribution in [0.25, 0.3) is 0 Å². The fraction of sp³-hybridized carbons (Fsp3) is 0.600. The van der Waals surface area contributed by atoms with Crippen molar-refractivity contribution in [3.8, 4) is 0 Å². The molecule has 1 aliphatic rings. The molecule has 0 saturated carbocycles. The van der Waals surface area contributed by atoms with E-state index in [1.165, 1.54) is 0 Å². The quantitative estimate of drug-likeness (QED) is 0.814. The fourth-order valence-electron chi connectivity index (χ4n) is 2.79. The van der Waals surface area contributed by atoms with Crippen LogP contribution in [0.2, 0.25) is 0 Å². The van der Waals surface area contributed by atoms with Crippen molar-refractivity contribution in [1.82, 2.24) is 4.31 Å². The van der Waals surface area contributed by atoms with Gasteiger partial charge in [-0.1, -0.05) is 35.7 Å². The Labute approximate surface area is 130 Å². The lowest BCUT2D eigenvalue weighted by Gasteiger charge is -2.28. The highest BCUT2D eigenvalue weighted by Crippen LogP contribution is 2.28. The Morgan fingerprint density at radius 1 is 1.30 bits per heavy atom. The largest absolute Gasteiger partial charge is 0.243 e. The molecule has 0 aliphatic carbocycles. The summed E-state index contributed by atoms with van der Waals surface area (Å²) in [6, 6.07) is 5.42. The van der Waals surface area contributed by atoms with Gasteiger partial charge in [0.2, 0.25) is 10.0 Å². The molecule has 0 aromatic heterocycles. The number of rotatable bonds is 3. The molecule has 0 bridgehead atoms. The van der Waals surface area contributed by atoms with Crippen LogP contribution in [0.4, 0.5) is 0 Å². The minimum absolute atomic E-state index is 0.145. The van der Waals surface area contributed by atoms with Gasteiger partial charge in [0.15, 0.2) is 0 Å². The molecule has 0 radical (unpaired) electrons. The topological polar surface area (TPSA) is 37.4 Å². The molecule has 112 valence electrons. The Bertz CT molecular complexity index is 571. The zero-order valence-electron chi connectivity index (χ0n) is 12.1. The van der Waals surface area contributed by atoms with Gasteiger partial charge in [0.25, 0.3) is 0 Å². The summed E-state index contributed by atoms with van der Waals surface area (Å²) in [4.78, 5) is 0.415. The van der Waals surface area contributed by atoms with Gasteiger partial charge in [0, 0.05) is 17.1 Å². The third kappa shape index (κ3) is 3.26. The van der Waals surface area contributed by atoms with E-state index in [-0.39, 0.29) is 6.04 Å². The van der Waals surface area contributed by atoms with Crippen molar-refractivity contribution < 1.29 is 8.42 Å². The molecule has 1 heterocycles. The fourth-order valence-corrected chi connectivity index (χ4v) is 4.89. The summed E-state index contributed by atoms with van der Waals surface area (Å²) < 4.78 is 28.4. The van der Waals surface area contributed by atoms with Gasteiger partial charge in [-0.15, -0.1) is 0 Å². The van der Waals surface area contributed by atoms with E-state index in [9.17, 15) is 8.42 Å². The van der Waals surface area contributed by atoms with Crippen LogP contribution >= 0.6 is 15.9 Å². The standard InChI is InChI=1S/C15H22BrNO2S/c1-3-13-7-5-4-6-10-17(13)20(18,19)14-8-9-15(16)12(2)11-14/h8-9,11,13H,3-7,10H2,1-2H3. The van der Waals surface area contributed by atoms with Crippen LogP contribution in [0.5, 0.6) is 0 Å². The van der Waals surface area contributed by atoms with Gasteiger partial charge >= 0.3 is 0 Å². The summed E-state index contributed by atoms with van der Waals surface area (Å²) in [6.45, 7) is 4.64. The maximum absolute atomic E-state index is 12.9. The Kier molecular flexibility index (Phi) is 5.26. The highest BCUT2D eigenvalue weighted by atomic mass is 79.9. The Morgan fingerprint density at radius 2 is 2.05 bits per heavy atom. The third-order valence-corrected chi connectivity index (χ3v) is 6.87. The first-order valence-electron chi connectivity index (χ1n) is 7.25. The van der Waals surface area contributed by atoms with Crippen LogP contribution in [0, 0.1) is 6.92 Å². The Morgan fingerprint density at radius 3 is 2.70 bits per heavy atom. The molecule has 1 unspecified atom stereocenters. The first kappa shape index (κ1) is 16.0. The second kappa shape index (κ2) is 6.58. The Hall–Kier alpha value is -0.390. The van der Waals surface area contributed by atoms with E-state index in [0.29, 0.717) is 11.4 Å². The van der Waals surface area contributed by atoms with Gasteiger partial charge < -0.3 is 0 Å². The second-order valence-electron chi connectivity index (χ2n) is 5.44. The van der Waals surface area contributed by atoms with Gasteiger partial charge in [0.1, 0.15) is 0 Å². The molecule has 3 nitrogen and oxygen atoms in total. The lowest BCUT2D eigenvalue weighted by atomic mass is 10.1. The number of nitrogens with zero attached hydrogens (tertiary/aromatic N) is 1. The number of aryl methyl sites for hydroxylation is 1. The molecule has 1 fully saturated rings. The van der Waals surface area contributed by atoms with Crippen molar-refractivity contribution in [3.63, 3.8) is 0 Å². The Balaban J connectivity index is 2.38. The van der Waals surface area contributed by atoms with Crippen molar-refractivity contribution in [2.75, 3.05) is 6.54 Å². The molecule has 5 heteroatoms. The van der Waals surface area contributed by atoms with Crippen LogP contribution in [0.1, 0.15) is 44.6 Å². The molecule has 0 spiro atoms. The lowest BCUT2D eigenvalue weighted by molar-refractivity contribution is 0.315. The summed E-state index contributed by atoms with van der Waals surface area (Å²) in [5, 5.41) is 0. The van der Waals surface area contributed by atoms with Crippen molar-refractivity contribution in [3.05, 3.63) is 28.2 Å². The second-order valence-corrected chi connectivity index (χ2v) is 8.18. The SMILES string of the molecule is CCC1CCCCCN1S(=O)(=O)c1ccc(Br)c(C)c1. The number of hydrogen-bond donors (Lipinski definition) is 0. The van der Waals surface area contributed by atoms with Gasteiger partial charge in [-0.2, -0.15) is 4.31 Å². The summed E-state index contributed by atoms with van der Waals surface area (Å²) >= 11 is 3.42. The molecular formula is C15H22BrNO2S. The number of hydrogen-bond acceptors (Lipinski definition) is 2. The minimum Gasteiger partial charge on any atom is -0.207 e. The highest BCUT2D eigenvalue weighted by Gasteiger charge is 2.31. The average Bonchev–Trinajstić information content (AvgIpc) is 2.67. The molecule has 2 rings (SSSR count). The van der Waals surface area contributed by atoms with Crippen LogP contribution in [-0.4, -0.2) is 25.3 Å². The number of halogens is 1. The van der Waals surface area contributed by atoms with Crippen LogP contribution < -0.4 is 0 Å². The molecule has 1 atom stereocenters. The van der Waals surface area contributed by atoms with Crippen molar-refractivity contribution in [2.24, 2.45) is 0 Å². The van der Waals surface area contributed by atoms with Crippen molar-refractivity contribution >= 4 is 26.0 Å². The third-order valence-electron chi connectivity index (χ3n) is 4.03. The van der Waals surface area contributed by atoms with E-state index >= 15 is 0 Å². The maximum Gasteiger partial charge on any atom is 0.243 e. The van der Waals surface area contributed by atoms with Crippen LogP contribution in [0.3, 0.4) is 0 Å². The van der Waals surface area contributed by atoms with E-state index in [2.05, 4.69) is 22.9 Å². The van der Waals surface area contributed by atoms with Gasteiger partial charge in [-0.25, -0.2) is 8.42 Å². The average molecular weight is 360 g/mol. The first-order valence-corrected chi connectivity index (χ1v) is 9.48.